The van der Waals surface area contributed by atoms with E-state index in [2.05, 4.69) is 23.9 Å². The monoisotopic (exact) mass is 372 g/mol. The van der Waals surface area contributed by atoms with Crippen LogP contribution < -0.4 is 0 Å². The molecular weight excluding hydrogens is 367 g/mol. The molecule has 6 heteroatoms. The normalized spacial score (nSPS) is 10.9. The van der Waals surface area contributed by atoms with Crippen LogP contribution in [-0.2, 0) is 0 Å². The van der Waals surface area contributed by atoms with E-state index in [9.17, 15) is 4.79 Å². The predicted octanol–water partition coefficient (Wildman–Crippen LogP) is 2.99. The summed E-state index contributed by atoms with van der Waals surface area (Å²) in [7, 11) is 0. The van der Waals surface area contributed by atoms with Crippen LogP contribution in [0.1, 0.15) is 9.67 Å². The third kappa shape index (κ3) is 1.91. The second kappa shape index (κ2) is 4.46. The number of thiophene rings is 1. The number of benzene rings is 1. The van der Waals surface area contributed by atoms with Gasteiger partial charge in [-0.1, -0.05) is 0 Å². The molecule has 0 saturated heterocycles. The van der Waals surface area contributed by atoms with Gasteiger partial charge in [0.2, 0.25) is 0 Å². The first-order valence-electron chi connectivity index (χ1n) is 4.76. The third-order valence-electron chi connectivity index (χ3n) is 2.37. The van der Waals surface area contributed by atoms with Crippen LogP contribution >= 0.6 is 27.3 Å². The van der Waals surface area contributed by atoms with E-state index >= 15 is 0 Å². The Balaban J connectivity index is 2.26. The molecule has 2 heterocycles. The van der Waals surface area contributed by atoms with Crippen molar-refractivity contribution in [3.8, 4) is 10.4 Å². The minimum absolute atomic E-state index is 0.0499. The van der Waals surface area contributed by atoms with Crippen molar-refractivity contribution in [1.82, 2.24) is 7.96 Å². The molecule has 0 N–H and O–H groups in total. The van der Waals surface area contributed by atoms with Crippen LogP contribution in [0.15, 0.2) is 28.7 Å². The molecule has 3 nitrogen and oxygen atoms in total. The standard InChI is InChI=1S/C11H5BrN2OSSe/c12-8-3-2-7(10-11(8)14-17-13-10)9-4-1-6(5-15)16-9/h1-5H. The molecular formula is C11H5BrN2OSSe. The van der Waals surface area contributed by atoms with E-state index in [4.69, 9.17) is 0 Å². The number of hydrogen-bond donors (Lipinski definition) is 0. The molecule has 3 rings (SSSR count). The molecule has 0 bridgehead atoms. The molecule has 0 amide bonds. The molecule has 0 radical (unpaired) electrons. The van der Waals surface area contributed by atoms with Crippen molar-refractivity contribution in [2.45, 2.75) is 0 Å². The number of fused-ring (bicyclic) bond motifs is 1. The summed E-state index contributed by atoms with van der Waals surface area (Å²) < 4.78 is 9.83. The van der Waals surface area contributed by atoms with Crippen LogP contribution in [0.3, 0.4) is 0 Å². The Morgan fingerprint density at radius 3 is 2.76 bits per heavy atom. The fourth-order valence-corrected chi connectivity index (χ4v) is 4.32. The molecule has 0 spiro atoms. The first kappa shape index (κ1) is 11.3. The van der Waals surface area contributed by atoms with Crippen molar-refractivity contribution in [2.24, 2.45) is 0 Å². The van der Waals surface area contributed by atoms with Gasteiger partial charge in [0, 0.05) is 0 Å². The van der Waals surface area contributed by atoms with Gasteiger partial charge in [-0.25, -0.2) is 0 Å². The quantitative estimate of drug-likeness (QED) is 0.513. The average Bonchev–Trinajstić information content (AvgIpc) is 2.98. The molecule has 2 aromatic heterocycles. The minimum atomic E-state index is -0.0499. The molecule has 0 aliphatic heterocycles. The van der Waals surface area contributed by atoms with Crippen molar-refractivity contribution >= 4 is 59.5 Å². The maximum absolute atomic E-state index is 10.7. The van der Waals surface area contributed by atoms with Gasteiger partial charge in [0.1, 0.15) is 0 Å². The van der Waals surface area contributed by atoms with Crippen LogP contribution in [0.25, 0.3) is 21.5 Å². The molecule has 0 atom stereocenters. The third-order valence-corrected chi connectivity index (χ3v) is 5.17. The van der Waals surface area contributed by atoms with Gasteiger partial charge >= 0.3 is 116 Å². The first-order chi connectivity index (χ1) is 8.29. The zero-order valence-corrected chi connectivity index (χ0v) is 12.5. The Hall–Kier alpha value is -0.811. The van der Waals surface area contributed by atoms with Crippen LogP contribution in [-0.4, -0.2) is 29.2 Å². The van der Waals surface area contributed by atoms with Gasteiger partial charge in [-0.15, -0.1) is 0 Å². The fourth-order valence-electron chi connectivity index (χ4n) is 1.60. The Kier molecular flexibility index (Phi) is 2.96. The summed E-state index contributed by atoms with van der Waals surface area (Å²) in [5, 5.41) is 0. The van der Waals surface area contributed by atoms with Gasteiger partial charge in [-0.05, 0) is 0 Å². The summed E-state index contributed by atoms with van der Waals surface area (Å²) in [6.07, 6.45) is 0.874. The van der Waals surface area contributed by atoms with E-state index < -0.39 is 0 Å². The molecule has 0 saturated carbocycles. The maximum atomic E-state index is 10.7. The molecule has 0 fully saturated rings. The summed E-state index contributed by atoms with van der Waals surface area (Å²) in [6.45, 7) is 0. The zero-order valence-electron chi connectivity index (χ0n) is 8.38. The fraction of sp³-hybridized carbons (Fsp3) is 0. The number of aromatic nitrogens is 2. The van der Waals surface area contributed by atoms with Gasteiger partial charge in [0.15, 0.2) is 0 Å². The van der Waals surface area contributed by atoms with Crippen molar-refractivity contribution in [2.75, 3.05) is 0 Å². The van der Waals surface area contributed by atoms with E-state index in [0.29, 0.717) is 0 Å². The number of nitrogens with zero attached hydrogens (tertiary/aromatic N) is 2. The zero-order chi connectivity index (χ0) is 11.8. The van der Waals surface area contributed by atoms with Crippen molar-refractivity contribution in [3.63, 3.8) is 0 Å². The second-order valence-corrected chi connectivity index (χ2v) is 6.45. The van der Waals surface area contributed by atoms with E-state index in [1.807, 2.05) is 24.3 Å². The summed E-state index contributed by atoms with van der Waals surface area (Å²) in [5.41, 5.74) is 2.94. The molecule has 0 aliphatic carbocycles. The second-order valence-electron chi connectivity index (χ2n) is 3.38. The van der Waals surface area contributed by atoms with E-state index in [1.165, 1.54) is 11.3 Å². The number of carbonyl (C=O) groups is 1. The van der Waals surface area contributed by atoms with E-state index in [0.717, 1.165) is 37.1 Å². The first-order valence-corrected chi connectivity index (χ1v) is 7.90. The number of rotatable bonds is 2. The Morgan fingerprint density at radius 1 is 1.18 bits per heavy atom. The van der Waals surface area contributed by atoms with Gasteiger partial charge in [0.05, 0.1) is 0 Å². The molecule has 3 aromatic rings. The number of aldehydes is 1. The Labute approximate surface area is 116 Å². The van der Waals surface area contributed by atoms with Crippen LogP contribution in [0.4, 0.5) is 0 Å². The SMILES string of the molecule is O=Cc1ccc(-c2ccc(Br)c3n[se]nc23)s1. The van der Waals surface area contributed by atoms with Crippen LogP contribution in [0.2, 0.25) is 0 Å². The molecule has 17 heavy (non-hydrogen) atoms. The summed E-state index contributed by atoms with van der Waals surface area (Å²) in [4.78, 5) is 12.5. The average molecular weight is 372 g/mol. The van der Waals surface area contributed by atoms with Crippen molar-refractivity contribution in [3.05, 3.63) is 33.6 Å². The molecule has 1 aromatic carbocycles. The van der Waals surface area contributed by atoms with Gasteiger partial charge < -0.3 is 0 Å². The van der Waals surface area contributed by atoms with Crippen LogP contribution in [0.5, 0.6) is 0 Å². The summed E-state index contributed by atoms with van der Waals surface area (Å²) in [6, 6.07) is 7.79. The van der Waals surface area contributed by atoms with Gasteiger partial charge in [-0.2, -0.15) is 0 Å². The van der Waals surface area contributed by atoms with Crippen molar-refractivity contribution in [1.29, 1.82) is 0 Å². The molecule has 0 aliphatic rings. The number of hydrogen-bond acceptors (Lipinski definition) is 4. The number of halogens is 1. The Bertz CT molecular complexity index is 706. The molecule has 84 valence electrons. The summed E-state index contributed by atoms with van der Waals surface area (Å²) >= 11 is 4.91. The Morgan fingerprint density at radius 2 is 2.00 bits per heavy atom. The topological polar surface area (TPSA) is 42.9 Å². The van der Waals surface area contributed by atoms with E-state index in [1.54, 1.807) is 0 Å². The van der Waals surface area contributed by atoms with Crippen LogP contribution in [0, 0.1) is 0 Å². The van der Waals surface area contributed by atoms with Gasteiger partial charge in [-0.3, -0.25) is 0 Å². The number of carbonyl (C=O) groups excluding carboxylic acids is 1. The van der Waals surface area contributed by atoms with E-state index in [-0.39, 0.29) is 15.0 Å². The molecule has 0 unspecified atom stereocenters. The predicted molar refractivity (Wildman–Crippen MR) is 72.9 cm³/mol. The van der Waals surface area contributed by atoms with Crippen molar-refractivity contribution < 1.29 is 4.79 Å². The van der Waals surface area contributed by atoms with Gasteiger partial charge in [0.25, 0.3) is 0 Å². The summed E-state index contributed by atoms with van der Waals surface area (Å²) in [5.74, 6) is 0.